The fourth-order valence-corrected chi connectivity index (χ4v) is 5.43. The van der Waals surface area contributed by atoms with Crippen LogP contribution in [0.2, 0.25) is 0 Å². The monoisotopic (exact) mass is 408 g/mol. The molecule has 0 bridgehead atoms. The van der Waals surface area contributed by atoms with Crippen LogP contribution in [-0.4, -0.2) is 9.38 Å². The van der Waals surface area contributed by atoms with E-state index in [2.05, 4.69) is 95.4 Å². The predicted molar refractivity (Wildman–Crippen MR) is 132 cm³/mol. The van der Waals surface area contributed by atoms with Crippen molar-refractivity contribution in [3.63, 3.8) is 0 Å². The first-order valence-corrected chi connectivity index (χ1v) is 10.8. The molecule has 0 fully saturated rings. The van der Waals surface area contributed by atoms with E-state index < -0.39 is 0 Å². The van der Waals surface area contributed by atoms with Crippen molar-refractivity contribution in [3.8, 4) is 0 Å². The van der Waals surface area contributed by atoms with Gasteiger partial charge in [-0.15, -0.1) is 0 Å². The molecule has 0 amide bonds. The molecule has 0 atom stereocenters. The van der Waals surface area contributed by atoms with Gasteiger partial charge in [-0.1, -0.05) is 60.7 Å². The number of pyridine rings is 1. The minimum absolute atomic E-state index is 0.912. The molecule has 3 heterocycles. The third kappa shape index (κ3) is 1.89. The Morgan fingerprint density at radius 1 is 0.531 bits per heavy atom. The molecule has 0 spiro atoms. The van der Waals surface area contributed by atoms with Crippen LogP contribution in [0.5, 0.6) is 0 Å². The molecule has 0 aliphatic carbocycles. The smallest absolute Gasteiger partial charge is 0.146 e. The number of para-hydroxylation sites is 3. The van der Waals surface area contributed by atoms with Crippen LogP contribution < -0.4 is 0 Å². The van der Waals surface area contributed by atoms with E-state index in [1.54, 1.807) is 0 Å². The van der Waals surface area contributed by atoms with Crippen LogP contribution in [0.1, 0.15) is 0 Å². The van der Waals surface area contributed by atoms with Crippen molar-refractivity contribution < 1.29 is 4.42 Å². The number of fused-ring (bicyclic) bond motifs is 14. The van der Waals surface area contributed by atoms with Gasteiger partial charge in [-0.3, -0.25) is 4.40 Å². The minimum atomic E-state index is 0.912. The summed E-state index contributed by atoms with van der Waals surface area (Å²) in [6.07, 6.45) is 0. The maximum absolute atomic E-state index is 6.36. The summed E-state index contributed by atoms with van der Waals surface area (Å²) in [5.74, 6) is 0. The molecule has 0 saturated heterocycles. The third-order valence-electron chi connectivity index (χ3n) is 6.74. The number of nitrogens with zero attached hydrogens (tertiary/aromatic N) is 2. The highest BCUT2D eigenvalue weighted by Crippen LogP contribution is 2.42. The summed E-state index contributed by atoms with van der Waals surface area (Å²) in [4.78, 5) is 5.06. The Kier molecular flexibility index (Phi) is 2.89. The van der Waals surface area contributed by atoms with Crippen molar-refractivity contribution in [2.75, 3.05) is 0 Å². The Labute approximate surface area is 182 Å². The molecule has 0 unspecified atom stereocenters. The zero-order valence-electron chi connectivity index (χ0n) is 17.0. The predicted octanol–water partition coefficient (Wildman–Crippen LogP) is 7.85. The molecule has 3 heteroatoms. The largest absolute Gasteiger partial charge is 0.456 e. The second-order valence-electron chi connectivity index (χ2n) is 8.40. The number of aromatic nitrogens is 2. The number of furan rings is 1. The molecule has 8 aromatic rings. The van der Waals surface area contributed by atoms with Gasteiger partial charge in [0.2, 0.25) is 0 Å². The first-order valence-electron chi connectivity index (χ1n) is 10.8. The topological polar surface area (TPSA) is 30.4 Å². The molecule has 148 valence electrons. The molecule has 0 N–H and O–H groups in total. The maximum atomic E-state index is 6.36. The van der Waals surface area contributed by atoms with Gasteiger partial charge in [-0.25, -0.2) is 4.98 Å². The van der Waals surface area contributed by atoms with Crippen molar-refractivity contribution in [1.82, 2.24) is 9.38 Å². The van der Waals surface area contributed by atoms with E-state index in [-0.39, 0.29) is 0 Å². The number of imidazole rings is 1. The van der Waals surface area contributed by atoms with E-state index in [0.717, 1.165) is 38.7 Å². The number of rotatable bonds is 0. The Balaban J connectivity index is 1.76. The summed E-state index contributed by atoms with van der Waals surface area (Å²) in [6, 6.07) is 34.0. The minimum Gasteiger partial charge on any atom is -0.456 e. The van der Waals surface area contributed by atoms with Crippen LogP contribution in [0.3, 0.4) is 0 Å². The zero-order chi connectivity index (χ0) is 20.8. The quantitative estimate of drug-likeness (QED) is 0.239. The van der Waals surface area contributed by atoms with E-state index in [0.29, 0.717) is 0 Å². The van der Waals surface area contributed by atoms with Crippen molar-refractivity contribution in [2.24, 2.45) is 0 Å². The average Bonchev–Trinajstić information content (AvgIpc) is 3.43. The summed E-state index contributed by atoms with van der Waals surface area (Å²) in [7, 11) is 0. The van der Waals surface area contributed by atoms with Crippen LogP contribution in [0, 0.1) is 0 Å². The first-order chi connectivity index (χ1) is 15.9. The van der Waals surface area contributed by atoms with Crippen molar-refractivity contribution in [2.45, 2.75) is 0 Å². The van der Waals surface area contributed by atoms with Gasteiger partial charge >= 0.3 is 0 Å². The SMILES string of the molecule is c1ccc2c(c1)ccc1oc3ccc4c(c5ccccc5n5c6ccccc6nc45)c3c12. The molecule has 8 rings (SSSR count). The normalized spacial score (nSPS) is 12.4. The fourth-order valence-electron chi connectivity index (χ4n) is 5.43. The van der Waals surface area contributed by atoms with Gasteiger partial charge in [-0.05, 0) is 47.2 Å². The molecule has 3 nitrogen and oxygen atoms in total. The number of benzene rings is 5. The van der Waals surface area contributed by atoms with Crippen molar-refractivity contribution >= 4 is 71.1 Å². The highest BCUT2D eigenvalue weighted by molar-refractivity contribution is 6.32. The zero-order valence-corrected chi connectivity index (χ0v) is 17.0. The van der Waals surface area contributed by atoms with Gasteiger partial charge in [0.25, 0.3) is 0 Å². The van der Waals surface area contributed by atoms with Crippen LogP contribution in [-0.2, 0) is 0 Å². The lowest BCUT2D eigenvalue weighted by molar-refractivity contribution is 0.669. The van der Waals surface area contributed by atoms with Gasteiger partial charge in [-0.2, -0.15) is 0 Å². The summed E-state index contributed by atoms with van der Waals surface area (Å²) >= 11 is 0. The third-order valence-corrected chi connectivity index (χ3v) is 6.74. The molecular formula is C29H16N2O. The van der Waals surface area contributed by atoms with E-state index in [1.165, 1.54) is 32.3 Å². The fraction of sp³-hybridized carbons (Fsp3) is 0. The van der Waals surface area contributed by atoms with Crippen LogP contribution in [0.4, 0.5) is 0 Å². The summed E-state index contributed by atoms with van der Waals surface area (Å²) in [5.41, 5.74) is 6.11. The van der Waals surface area contributed by atoms with Gasteiger partial charge in [0, 0.05) is 26.9 Å². The van der Waals surface area contributed by atoms with Gasteiger partial charge in [0.15, 0.2) is 0 Å². The second-order valence-corrected chi connectivity index (χ2v) is 8.40. The van der Waals surface area contributed by atoms with Gasteiger partial charge < -0.3 is 4.42 Å². The van der Waals surface area contributed by atoms with E-state index >= 15 is 0 Å². The lowest BCUT2D eigenvalue weighted by atomic mass is 9.97. The highest BCUT2D eigenvalue weighted by Gasteiger charge is 2.19. The first kappa shape index (κ1) is 16.3. The van der Waals surface area contributed by atoms with Crippen LogP contribution in [0.25, 0.3) is 71.1 Å². The van der Waals surface area contributed by atoms with E-state index in [4.69, 9.17) is 9.40 Å². The van der Waals surface area contributed by atoms with Gasteiger partial charge in [0.05, 0.1) is 16.6 Å². The van der Waals surface area contributed by atoms with Crippen LogP contribution >= 0.6 is 0 Å². The summed E-state index contributed by atoms with van der Waals surface area (Å²) in [5, 5.41) is 8.33. The highest BCUT2D eigenvalue weighted by atomic mass is 16.3. The second kappa shape index (κ2) is 5.65. The summed E-state index contributed by atoms with van der Waals surface area (Å²) < 4.78 is 8.65. The Morgan fingerprint density at radius 2 is 1.25 bits per heavy atom. The molecule has 3 aromatic heterocycles. The Bertz CT molecular complexity index is 2040. The molecule has 32 heavy (non-hydrogen) atoms. The molecule has 0 aliphatic rings. The van der Waals surface area contributed by atoms with Gasteiger partial charge in [0.1, 0.15) is 16.8 Å². The Morgan fingerprint density at radius 3 is 2.19 bits per heavy atom. The van der Waals surface area contributed by atoms with E-state index in [1.807, 2.05) is 6.07 Å². The maximum Gasteiger partial charge on any atom is 0.146 e. The summed E-state index contributed by atoms with van der Waals surface area (Å²) in [6.45, 7) is 0. The lowest BCUT2D eigenvalue weighted by Gasteiger charge is -2.10. The molecule has 0 saturated carbocycles. The van der Waals surface area contributed by atoms with Crippen LogP contribution in [0.15, 0.2) is 101 Å². The number of hydrogen-bond donors (Lipinski definition) is 0. The number of hydrogen-bond acceptors (Lipinski definition) is 2. The molecular weight excluding hydrogens is 392 g/mol. The van der Waals surface area contributed by atoms with Crippen molar-refractivity contribution in [3.05, 3.63) is 97.1 Å². The molecule has 0 aliphatic heterocycles. The standard InChI is InChI=1S/C29H16N2O/c1-2-8-18-17(7-1)13-15-24-27(18)28-25(32-24)16-14-20-26(28)19-9-3-5-11-22(19)31-23-12-6-4-10-21(23)30-29(20)31/h1-16H. The molecule has 5 aromatic carbocycles. The Hall–Kier alpha value is -4.37. The lowest BCUT2D eigenvalue weighted by Crippen LogP contribution is -1.91. The van der Waals surface area contributed by atoms with E-state index in [9.17, 15) is 0 Å². The van der Waals surface area contributed by atoms with Crippen molar-refractivity contribution in [1.29, 1.82) is 0 Å². The average molecular weight is 408 g/mol. The molecule has 0 radical (unpaired) electrons.